The van der Waals surface area contributed by atoms with Gasteiger partial charge in [-0.25, -0.2) is 15.0 Å². The van der Waals surface area contributed by atoms with Crippen LogP contribution in [-0.4, -0.2) is 15.0 Å². The maximum atomic E-state index is 5.09. The summed E-state index contributed by atoms with van der Waals surface area (Å²) in [6.45, 7) is 0. The highest BCUT2D eigenvalue weighted by Crippen LogP contribution is 2.46. The van der Waals surface area contributed by atoms with E-state index >= 15 is 0 Å². The molecule has 0 fully saturated rings. The summed E-state index contributed by atoms with van der Waals surface area (Å²) in [5.74, 6) is 2.00. The maximum Gasteiger partial charge on any atom is 0.165 e. The van der Waals surface area contributed by atoms with Crippen LogP contribution < -0.4 is 0 Å². The number of aromatic nitrogens is 3. The first-order chi connectivity index (χ1) is 27.7. The van der Waals surface area contributed by atoms with Crippen LogP contribution in [-0.2, 0) is 0 Å². The summed E-state index contributed by atoms with van der Waals surface area (Å²) in [6, 6.07) is 66.9. The molecule has 56 heavy (non-hydrogen) atoms. The summed E-state index contributed by atoms with van der Waals surface area (Å²) in [5.41, 5.74) is 10.3. The van der Waals surface area contributed by atoms with Crippen LogP contribution in [0.5, 0.6) is 0 Å². The van der Waals surface area contributed by atoms with Crippen molar-refractivity contribution in [2.24, 2.45) is 0 Å². The van der Waals surface area contributed by atoms with E-state index < -0.39 is 0 Å². The molecule has 11 aromatic rings. The second-order valence-corrected chi connectivity index (χ2v) is 16.1. The number of hydrogen-bond acceptors (Lipinski definition) is 5. The van der Waals surface area contributed by atoms with E-state index in [9.17, 15) is 0 Å². The first kappa shape index (κ1) is 32.6. The van der Waals surface area contributed by atoms with Gasteiger partial charge in [0, 0.05) is 62.6 Å². The Kier molecular flexibility index (Phi) is 7.87. The Hall–Kier alpha value is -6.79. The van der Waals surface area contributed by atoms with Gasteiger partial charge in [-0.15, -0.1) is 22.7 Å². The van der Waals surface area contributed by atoms with E-state index in [1.54, 1.807) is 0 Å². The third kappa shape index (κ3) is 5.68. The minimum absolute atomic E-state index is 0.664. The van der Waals surface area contributed by atoms with Crippen molar-refractivity contribution < 1.29 is 0 Å². The van der Waals surface area contributed by atoms with Gasteiger partial charge >= 0.3 is 0 Å². The summed E-state index contributed by atoms with van der Waals surface area (Å²) in [7, 11) is 0. The van der Waals surface area contributed by atoms with E-state index in [0.717, 1.165) is 16.7 Å². The molecule has 0 N–H and O–H groups in total. The predicted octanol–water partition coefficient (Wildman–Crippen LogP) is 14.6. The third-order valence-electron chi connectivity index (χ3n) is 10.6. The Morgan fingerprint density at radius 1 is 0.268 bits per heavy atom. The molecule has 0 aliphatic heterocycles. The average molecular weight is 750 g/mol. The molecule has 0 radical (unpaired) electrons. The van der Waals surface area contributed by atoms with E-state index in [0.29, 0.717) is 17.5 Å². The highest BCUT2D eigenvalue weighted by molar-refractivity contribution is 7.27. The highest BCUT2D eigenvalue weighted by atomic mass is 32.1. The van der Waals surface area contributed by atoms with Crippen LogP contribution in [0.2, 0.25) is 0 Å². The standard InChI is InChI=1S/C51H31N3S2/c1-4-13-32(14-5-1)33-23-25-34(26-24-33)38-29-43(48-44(30-38)39-19-10-11-22-45(39)55-48)37-27-28-40-41-20-12-21-42(47(41)56-46(40)31-37)51-53-49(35-15-6-2-7-16-35)52-50(54-51)36-17-8-3-9-18-36/h1-31H. The minimum atomic E-state index is 0.664. The minimum Gasteiger partial charge on any atom is -0.208 e. The second-order valence-electron chi connectivity index (χ2n) is 14.0. The molecule has 0 saturated heterocycles. The quantitative estimate of drug-likeness (QED) is 0.170. The number of fused-ring (bicyclic) bond motifs is 6. The normalized spacial score (nSPS) is 11.6. The molecular weight excluding hydrogens is 719 g/mol. The predicted molar refractivity (Wildman–Crippen MR) is 238 cm³/mol. The fourth-order valence-corrected chi connectivity index (χ4v) is 10.2. The summed E-state index contributed by atoms with van der Waals surface area (Å²) in [4.78, 5) is 15.1. The second kappa shape index (κ2) is 13.5. The highest BCUT2D eigenvalue weighted by Gasteiger charge is 2.19. The van der Waals surface area contributed by atoms with Crippen LogP contribution in [0.4, 0.5) is 0 Å². The molecule has 3 nitrogen and oxygen atoms in total. The van der Waals surface area contributed by atoms with Gasteiger partial charge in [0.05, 0.1) is 0 Å². The molecule has 0 aliphatic rings. The topological polar surface area (TPSA) is 38.7 Å². The Morgan fingerprint density at radius 2 is 0.768 bits per heavy atom. The van der Waals surface area contributed by atoms with E-state index in [1.807, 2.05) is 59.1 Å². The zero-order valence-corrected chi connectivity index (χ0v) is 31.7. The van der Waals surface area contributed by atoms with Gasteiger partial charge in [0.2, 0.25) is 0 Å². The zero-order chi connectivity index (χ0) is 37.0. The van der Waals surface area contributed by atoms with Crippen LogP contribution in [0, 0.1) is 0 Å². The maximum absolute atomic E-state index is 5.09. The fourth-order valence-electron chi connectivity index (χ4n) is 7.76. The van der Waals surface area contributed by atoms with E-state index in [2.05, 4.69) is 152 Å². The summed E-state index contributed by atoms with van der Waals surface area (Å²) < 4.78 is 5.01. The van der Waals surface area contributed by atoms with Crippen molar-refractivity contribution in [2.45, 2.75) is 0 Å². The number of rotatable bonds is 6. The molecule has 8 aromatic carbocycles. The van der Waals surface area contributed by atoms with Crippen molar-refractivity contribution in [2.75, 3.05) is 0 Å². The lowest BCUT2D eigenvalue weighted by molar-refractivity contribution is 1.08. The number of nitrogens with zero attached hydrogens (tertiary/aromatic N) is 3. The molecule has 3 aromatic heterocycles. The number of benzene rings is 8. The third-order valence-corrected chi connectivity index (χ3v) is 13.0. The molecule has 0 aliphatic carbocycles. The molecule has 0 atom stereocenters. The summed E-state index contributed by atoms with van der Waals surface area (Å²) in [6.07, 6.45) is 0. The van der Waals surface area contributed by atoms with Gasteiger partial charge in [-0.2, -0.15) is 0 Å². The Bertz CT molecular complexity index is 3170. The largest absolute Gasteiger partial charge is 0.208 e. The smallest absolute Gasteiger partial charge is 0.165 e. The van der Waals surface area contributed by atoms with Crippen LogP contribution in [0.3, 0.4) is 0 Å². The van der Waals surface area contributed by atoms with Gasteiger partial charge in [0.25, 0.3) is 0 Å². The van der Waals surface area contributed by atoms with Crippen molar-refractivity contribution in [1.82, 2.24) is 15.0 Å². The van der Waals surface area contributed by atoms with Gasteiger partial charge in [-0.05, 0) is 58.1 Å². The van der Waals surface area contributed by atoms with Gasteiger partial charge < -0.3 is 0 Å². The Balaban J connectivity index is 1.07. The Morgan fingerprint density at radius 3 is 1.46 bits per heavy atom. The van der Waals surface area contributed by atoms with E-state index in [4.69, 9.17) is 15.0 Å². The molecule has 0 spiro atoms. The van der Waals surface area contributed by atoms with Crippen molar-refractivity contribution in [1.29, 1.82) is 0 Å². The Labute approximate surface area is 331 Å². The van der Waals surface area contributed by atoms with Crippen molar-refractivity contribution in [3.05, 3.63) is 188 Å². The van der Waals surface area contributed by atoms with Crippen LogP contribution in [0.25, 0.3) is 108 Å². The van der Waals surface area contributed by atoms with Crippen LogP contribution >= 0.6 is 22.7 Å². The van der Waals surface area contributed by atoms with E-state index in [-0.39, 0.29) is 0 Å². The monoisotopic (exact) mass is 749 g/mol. The molecule has 0 unspecified atom stereocenters. The SMILES string of the molecule is c1ccc(-c2ccc(-c3cc(-c4ccc5c(c4)sc4c(-c6nc(-c7ccccc7)nc(-c7ccccc7)n6)cccc45)c4sc5ccccc5c4c3)cc2)cc1. The molecular formula is C51H31N3S2. The molecule has 5 heteroatoms. The van der Waals surface area contributed by atoms with Crippen LogP contribution in [0.15, 0.2) is 188 Å². The van der Waals surface area contributed by atoms with Crippen molar-refractivity contribution in [3.63, 3.8) is 0 Å². The van der Waals surface area contributed by atoms with Gasteiger partial charge in [0.1, 0.15) is 0 Å². The van der Waals surface area contributed by atoms with Gasteiger partial charge in [-0.1, -0.05) is 158 Å². The van der Waals surface area contributed by atoms with Crippen molar-refractivity contribution >= 4 is 63.0 Å². The lowest BCUT2D eigenvalue weighted by Crippen LogP contribution is -2.00. The molecule has 0 amide bonds. The lowest BCUT2D eigenvalue weighted by atomic mass is 9.94. The average Bonchev–Trinajstić information content (AvgIpc) is 3.85. The summed E-state index contributed by atoms with van der Waals surface area (Å²) in [5, 5.41) is 5.03. The van der Waals surface area contributed by atoms with Gasteiger partial charge in [0.15, 0.2) is 17.5 Å². The number of thiophene rings is 2. The summed E-state index contributed by atoms with van der Waals surface area (Å²) >= 11 is 3.69. The molecule has 0 bridgehead atoms. The first-order valence-electron chi connectivity index (χ1n) is 18.7. The zero-order valence-electron chi connectivity index (χ0n) is 30.1. The molecule has 262 valence electrons. The molecule has 11 rings (SSSR count). The first-order valence-corrected chi connectivity index (χ1v) is 20.3. The lowest BCUT2D eigenvalue weighted by Gasteiger charge is -2.10. The molecule has 0 saturated carbocycles. The van der Waals surface area contributed by atoms with E-state index in [1.165, 1.54) is 73.7 Å². The number of hydrogen-bond donors (Lipinski definition) is 0. The van der Waals surface area contributed by atoms with Gasteiger partial charge in [-0.3, -0.25) is 0 Å². The molecule has 3 heterocycles. The van der Waals surface area contributed by atoms with Crippen molar-refractivity contribution in [3.8, 4) is 67.5 Å². The fraction of sp³-hybridized carbons (Fsp3) is 0. The van der Waals surface area contributed by atoms with Crippen LogP contribution in [0.1, 0.15) is 0 Å².